The van der Waals surface area contributed by atoms with E-state index in [2.05, 4.69) is 53.7 Å². The molecular formula is C24H37NO5. The minimum Gasteiger partial charge on any atom is -0.488 e. The number of carbonyl (C=O) groups is 2. The molecule has 1 aliphatic heterocycles. The molecule has 0 aliphatic carbocycles. The predicted octanol–water partition coefficient (Wildman–Crippen LogP) is 5.12. The van der Waals surface area contributed by atoms with E-state index in [0.717, 1.165) is 11.3 Å². The predicted molar refractivity (Wildman–Crippen MR) is 117 cm³/mol. The number of carboxylic acids is 1. The van der Waals surface area contributed by atoms with Gasteiger partial charge in [-0.05, 0) is 48.8 Å². The molecule has 30 heavy (non-hydrogen) atoms. The van der Waals surface area contributed by atoms with Gasteiger partial charge in [0, 0.05) is 6.42 Å². The molecule has 6 heteroatoms. The summed E-state index contributed by atoms with van der Waals surface area (Å²) < 4.78 is 11.7. The molecule has 0 bridgehead atoms. The van der Waals surface area contributed by atoms with Crippen LogP contribution < -0.4 is 4.74 Å². The first-order chi connectivity index (χ1) is 13.5. The van der Waals surface area contributed by atoms with E-state index in [1.54, 1.807) is 20.8 Å². The zero-order valence-corrected chi connectivity index (χ0v) is 19.8. The van der Waals surface area contributed by atoms with Gasteiger partial charge in [-0.2, -0.15) is 0 Å². The molecule has 1 fully saturated rings. The van der Waals surface area contributed by atoms with Gasteiger partial charge < -0.3 is 14.6 Å². The molecule has 1 N–H and O–H groups in total. The molecule has 1 aromatic carbocycles. The Labute approximate surface area is 180 Å². The van der Waals surface area contributed by atoms with Gasteiger partial charge in [-0.3, -0.25) is 4.90 Å². The summed E-state index contributed by atoms with van der Waals surface area (Å²) in [6.07, 6.45) is -0.820. The normalized spacial score (nSPS) is 20.2. The maximum absolute atomic E-state index is 12.5. The number of ether oxygens (including phenoxy) is 2. The van der Waals surface area contributed by atoms with E-state index >= 15 is 0 Å². The number of likely N-dealkylation sites (tertiary alicyclic amines) is 1. The molecule has 1 saturated heterocycles. The molecule has 2 atom stereocenters. The molecule has 0 radical (unpaired) electrons. The van der Waals surface area contributed by atoms with Crippen molar-refractivity contribution in [3.05, 3.63) is 29.3 Å². The van der Waals surface area contributed by atoms with Gasteiger partial charge in [0.1, 0.15) is 23.5 Å². The third kappa shape index (κ3) is 5.89. The molecule has 0 unspecified atom stereocenters. The summed E-state index contributed by atoms with van der Waals surface area (Å²) in [5.74, 6) is -0.318. The lowest BCUT2D eigenvalue weighted by Gasteiger charge is -2.28. The lowest BCUT2D eigenvalue weighted by molar-refractivity contribution is -0.142. The Morgan fingerprint density at radius 3 is 2.07 bits per heavy atom. The monoisotopic (exact) mass is 419 g/mol. The third-order valence-corrected chi connectivity index (χ3v) is 5.12. The summed E-state index contributed by atoms with van der Waals surface area (Å²) >= 11 is 0. The van der Waals surface area contributed by atoms with Crippen molar-refractivity contribution in [2.75, 3.05) is 6.54 Å². The summed E-state index contributed by atoms with van der Waals surface area (Å²) in [4.78, 5) is 25.6. The Morgan fingerprint density at radius 2 is 1.60 bits per heavy atom. The molecule has 0 saturated carbocycles. The van der Waals surface area contributed by atoms with E-state index < -0.39 is 29.8 Å². The van der Waals surface area contributed by atoms with Crippen LogP contribution in [0.2, 0.25) is 0 Å². The molecule has 1 aromatic rings. The Kier molecular flexibility index (Phi) is 6.51. The van der Waals surface area contributed by atoms with Crippen LogP contribution in [0.4, 0.5) is 4.79 Å². The number of amides is 1. The highest BCUT2D eigenvalue weighted by Crippen LogP contribution is 2.37. The molecule has 0 spiro atoms. The molecule has 1 aliphatic rings. The standard InChI is InChI=1S/C24H37NO5/c1-22(2,3)15-10-11-19(17(12-15)23(4,5)6)29-16-13-18(20(26)27)25(14-16)21(28)30-24(7,8)9/h10-12,16,18H,13-14H2,1-9H3,(H,26,27)/t16-,18+/m1/s1. The number of nitrogens with zero attached hydrogens (tertiary/aromatic N) is 1. The number of carbonyl (C=O) groups excluding carboxylic acids is 1. The van der Waals surface area contributed by atoms with Gasteiger partial charge in [-0.25, -0.2) is 9.59 Å². The topological polar surface area (TPSA) is 76.1 Å². The van der Waals surface area contributed by atoms with Gasteiger partial charge in [0.25, 0.3) is 0 Å². The lowest BCUT2D eigenvalue weighted by atomic mass is 9.80. The van der Waals surface area contributed by atoms with Gasteiger partial charge >= 0.3 is 12.1 Å². The number of carboxylic acid groups (broad SMARTS) is 1. The summed E-state index contributed by atoms with van der Waals surface area (Å²) in [6.45, 7) is 18.4. The van der Waals surface area contributed by atoms with Gasteiger partial charge in [0.15, 0.2) is 0 Å². The average molecular weight is 420 g/mol. The van der Waals surface area contributed by atoms with Crippen molar-refractivity contribution in [2.45, 2.75) is 97.3 Å². The van der Waals surface area contributed by atoms with E-state index in [4.69, 9.17) is 9.47 Å². The zero-order valence-electron chi connectivity index (χ0n) is 19.8. The van der Waals surface area contributed by atoms with Crippen molar-refractivity contribution >= 4 is 12.1 Å². The summed E-state index contributed by atoms with van der Waals surface area (Å²) in [6, 6.07) is 5.23. The van der Waals surface area contributed by atoms with E-state index in [1.165, 1.54) is 10.5 Å². The second kappa shape index (κ2) is 8.12. The minimum absolute atomic E-state index is 0.00774. The first kappa shape index (κ1) is 24.0. The van der Waals surface area contributed by atoms with Crippen LogP contribution in [-0.4, -0.2) is 46.4 Å². The van der Waals surface area contributed by atoms with E-state index in [9.17, 15) is 14.7 Å². The van der Waals surface area contributed by atoms with Crippen LogP contribution in [0.25, 0.3) is 0 Å². The zero-order chi connectivity index (χ0) is 23.1. The van der Waals surface area contributed by atoms with E-state index in [0.29, 0.717) is 0 Å². The second-order valence-electron chi connectivity index (χ2n) is 11.2. The molecule has 0 aromatic heterocycles. The van der Waals surface area contributed by atoms with Crippen molar-refractivity contribution in [1.82, 2.24) is 4.90 Å². The maximum Gasteiger partial charge on any atom is 0.411 e. The van der Waals surface area contributed by atoms with Crippen LogP contribution in [0, 0.1) is 0 Å². The van der Waals surface area contributed by atoms with Gasteiger partial charge in [-0.15, -0.1) is 0 Å². The number of hydrogen-bond acceptors (Lipinski definition) is 4. The Hall–Kier alpha value is -2.24. The molecule has 168 valence electrons. The summed E-state index contributed by atoms with van der Waals surface area (Å²) in [5, 5.41) is 9.62. The third-order valence-electron chi connectivity index (χ3n) is 5.12. The quantitative estimate of drug-likeness (QED) is 0.736. The van der Waals surface area contributed by atoms with Crippen LogP contribution in [0.5, 0.6) is 5.75 Å². The highest BCUT2D eigenvalue weighted by Gasteiger charge is 2.43. The Morgan fingerprint density at radius 1 is 1.00 bits per heavy atom. The Bertz CT molecular complexity index is 795. The van der Waals surface area contributed by atoms with Crippen LogP contribution in [-0.2, 0) is 20.4 Å². The number of aliphatic carboxylic acids is 1. The van der Waals surface area contributed by atoms with Crippen LogP contribution in [0.1, 0.15) is 79.9 Å². The van der Waals surface area contributed by atoms with Crippen LogP contribution in [0.15, 0.2) is 18.2 Å². The number of benzene rings is 1. The van der Waals surface area contributed by atoms with Crippen LogP contribution >= 0.6 is 0 Å². The minimum atomic E-state index is -1.05. The smallest absolute Gasteiger partial charge is 0.411 e. The first-order valence-corrected chi connectivity index (χ1v) is 10.5. The van der Waals surface area contributed by atoms with Gasteiger partial charge in [0.05, 0.1) is 6.54 Å². The fourth-order valence-electron chi connectivity index (χ4n) is 3.50. The maximum atomic E-state index is 12.5. The fraction of sp³-hybridized carbons (Fsp3) is 0.667. The molecule has 2 rings (SSSR count). The van der Waals surface area contributed by atoms with Crippen molar-refractivity contribution in [3.8, 4) is 5.75 Å². The molecule has 1 heterocycles. The number of rotatable bonds is 3. The molecular weight excluding hydrogens is 382 g/mol. The van der Waals surface area contributed by atoms with Crippen molar-refractivity contribution in [2.24, 2.45) is 0 Å². The van der Waals surface area contributed by atoms with Gasteiger partial charge in [0.2, 0.25) is 0 Å². The van der Waals surface area contributed by atoms with Gasteiger partial charge in [-0.1, -0.05) is 53.7 Å². The second-order valence-corrected chi connectivity index (χ2v) is 11.2. The SMILES string of the molecule is CC(C)(C)OC(=O)N1C[C@H](Oc2ccc(C(C)(C)C)cc2C(C)(C)C)C[C@H]1C(=O)O. The average Bonchev–Trinajstić information content (AvgIpc) is 2.96. The van der Waals surface area contributed by atoms with Crippen molar-refractivity contribution < 1.29 is 24.2 Å². The largest absolute Gasteiger partial charge is 0.488 e. The van der Waals surface area contributed by atoms with E-state index in [-0.39, 0.29) is 23.8 Å². The highest BCUT2D eigenvalue weighted by atomic mass is 16.6. The molecule has 1 amide bonds. The number of hydrogen-bond donors (Lipinski definition) is 1. The first-order valence-electron chi connectivity index (χ1n) is 10.5. The summed E-state index contributed by atoms with van der Waals surface area (Å²) in [5.41, 5.74) is 1.45. The van der Waals surface area contributed by atoms with Crippen LogP contribution in [0.3, 0.4) is 0 Å². The van der Waals surface area contributed by atoms with Crippen molar-refractivity contribution in [3.63, 3.8) is 0 Å². The Balaban J connectivity index is 2.29. The van der Waals surface area contributed by atoms with Crippen molar-refractivity contribution in [1.29, 1.82) is 0 Å². The summed E-state index contributed by atoms with van der Waals surface area (Å²) in [7, 11) is 0. The fourth-order valence-corrected chi connectivity index (χ4v) is 3.50. The lowest BCUT2D eigenvalue weighted by Crippen LogP contribution is -2.43. The highest BCUT2D eigenvalue weighted by molar-refractivity contribution is 5.81. The van der Waals surface area contributed by atoms with E-state index in [1.807, 2.05) is 6.07 Å². The molecule has 6 nitrogen and oxygen atoms in total.